The van der Waals surface area contributed by atoms with Crippen molar-refractivity contribution in [3.63, 3.8) is 0 Å². The van der Waals surface area contributed by atoms with Gasteiger partial charge in [0.1, 0.15) is 67.1 Å². The number of nitrogens with zero attached hydrogens (tertiary/aromatic N) is 3. The van der Waals surface area contributed by atoms with Gasteiger partial charge in [-0.2, -0.15) is 0 Å². The van der Waals surface area contributed by atoms with Crippen LogP contribution < -0.4 is 10.6 Å². The Balaban J connectivity index is 1.99. The van der Waals surface area contributed by atoms with Crippen molar-refractivity contribution >= 4 is 17.8 Å². The number of ether oxygens (including phenoxy) is 6. The van der Waals surface area contributed by atoms with Gasteiger partial charge < -0.3 is 90.1 Å². The highest BCUT2D eigenvalue weighted by Crippen LogP contribution is 2.38. The molecule has 292 valence electrons. The molecule has 0 radical (unpaired) electrons. The zero-order valence-electron chi connectivity index (χ0n) is 27.4. The Morgan fingerprint density at radius 1 is 0.922 bits per heavy atom. The molecule has 0 spiro atoms. The van der Waals surface area contributed by atoms with Crippen molar-refractivity contribution in [2.24, 2.45) is 5.11 Å². The average Bonchev–Trinajstić information content (AvgIpc) is 3.08. The summed E-state index contributed by atoms with van der Waals surface area (Å²) in [5.41, 5.74) is 8.54. The second-order valence-electron chi connectivity index (χ2n) is 12.0. The smallest absolute Gasteiger partial charge is 0.364 e. The molecule has 0 saturated carbocycles. The molecule has 0 bridgehead atoms. The molecule has 16 atom stereocenters. The van der Waals surface area contributed by atoms with E-state index in [1.165, 1.54) is 0 Å². The van der Waals surface area contributed by atoms with Crippen LogP contribution in [0.4, 0.5) is 0 Å². The van der Waals surface area contributed by atoms with Crippen molar-refractivity contribution < 1.29 is 93.9 Å². The molecule has 24 heteroatoms. The van der Waals surface area contributed by atoms with E-state index in [-0.39, 0.29) is 13.2 Å². The summed E-state index contributed by atoms with van der Waals surface area (Å²) in [6.45, 7) is -1.21. The normalized spacial score (nSPS) is 39.6. The van der Waals surface area contributed by atoms with Crippen LogP contribution in [0.1, 0.15) is 20.3 Å². The molecule has 51 heavy (non-hydrogen) atoms. The Labute approximate surface area is 289 Å². The lowest BCUT2D eigenvalue weighted by Crippen LogP contribution is -2.71. The molecule has 3 heterocycles. The number of hydrogen-bond donors (Lipinski definition) is 12. The van der Waals surface area contributed by atoms with E-state index < -0.39 is 142 Å². The Morgan fingerprint density at radius 3 is 2.02 bits per heavy atom. The molecule has 12 N–H and O–H groups in total. The molecule has 3 aliphatic rings. The quantitative estimate of drug-likeness (QED) is 0.0302. The van der Waals surface area contributed by atoms with Crippen LogP contribution in [0.5, 0.6) is 0 Å². The van der Waals surface area contributed by atoms with Crippen molar-refractivity contribution in [2.75, 3.05) is 33.0 Å². The monoisotopic (exact) mass is 743 g/mol. The minimum Gasteiger partial charge on any atom is -0.477 e. The summed E-state index contributed by atoms with van der Waals surface area (Å²) in [6, 6.07) is -2.99. The summed E-state index contributed by atoms with van der Waals surface area (Å²) in [7, 11) is 0. The van der Waals surface area contributed by atoms with Gasteiger partial charge in [-0.1, -0.05) is 5.11 Å². The van der Waals surface area contributed by atoms with Gasteiger partial charge >= 0.3 is 5.97 Å². The van der Waals surface area contributed by atoms with Gasteiger partial charge in [0.25, 0.3) is 5.79 Å². The topological polar surface area (TPSA) is 382 Å². The van der Waals surface area contributed by atoms with E-state index in [1.54, 1.807) is 0 Å². The number of aliphatic carboxylic acids is 1. The maximum absolute atomic E-state index is 12.7. The summed E-state index contributed by atoms with van der Waals surface area (Å²) in [5.74, 6) is -6.50. The fourth-order valence-corrected chi connectivity index (χ4v) is 5.94. The lowest BCUT2D eigenvalue weighted by atomic mass is 9.88. The molecule has 0 aromatic heterocycles. The van der Waals surface area contributed by atoms with E-state index in [0.717, 1.165) is 13.8 Å². The Morgan fingerprint density at radius 2 is 1.49 bits per heavy atom. The maximum Gasteiger partial charge on any atom is 0.364 e. The van der Waals surface area contributed by atoms with Crippen LogP contribution in [0.25, 0.3) is 10.4 Å². The van der Waals surface area contributed by atoms with Crippen molar-refractivity contribution in [1.82, 2.24) is 10.6 Å². The molecule has 3 rings (SSSR count). The van der Waals surface area contributed by atoms with Crippen LogP contribution >= 0.6 is 0 Å². The largest absolute Gasteiger partial charge is 0.477 e. The van der Waals surface area contributed by atoms with Crippen molar-refractivity contribution in [3.05, 3.63) is 10.4 Å². The zero-order valence-corrected chi connectivity index (χ0v) is 27.4. The summed E-state index contributed by atoms with van der Waals surface area (Å²) < 4.78 is 33.7. The third-order valence-electron chi connectivity index (χ3n) is 8.39. The first-order valence-electron chi connectivity index (χ1n) is 15.7. The number of carboxylic acid groups (broad SMARTS) is 1. The van der Waals surface area contributed by atoms with Crippen molar-refractivity contribution in [2.45, 2.75) is 118 Å². The highest BCUT2D eigenvalue weighted by Gasteiger charge is 2.60. The van der Waals surface area contributed by atoms with Gasteiger partial charge in [-0.25, -0.2) is 4.79 Å². The highest BCUT2D eigenvalue weighted by molar-refractivity contribution is 5.76. The zero-order chi connectivity index (χ0) is 38.2. The first-order chi connectivity index (χ1) is 24.0. The summed E-state index contributed by atoms with van der Waals surface area (Å²) in [5, 5.41) is 113. The second-order valence-corrected chi connectivity index (χ2v) is 12.0. The number of azide groups is 1. The van der Waals surface area contributed by atoms with Gasteiger partial charge in [0.2, 0.25) is 11.8 Å². The third kappa shape index (κ3) is 9.96. The number of carbonyl (C=O) groups excluding carboxylic acids is 2. The first-order valence-corrected chi connectivity index (χ1v) is 15.7. The molecule has 3 aliphatic heterocycles. The predicted molar refractivity (Wildman–Crippen MR) is 159 cm³/mol. The number of carboxylic acids is 1. The fourth-order valence-electron chi connectivity index (χ4n) is 5.94. The van der Waals surface area contributed by atoms with Crippen LogP contribution in [-0.2, 0) is 42.8 Å². The van der Waals surface area contributed by atoms with E-state index in [9.17, 15) is 65.4 Å². The molecule has 3 saturated heterocycles. The SMILES string of the molecule is CC(=O)N[C@H]1[C@H](OCCN=[N+]=[N-])O[C@H](CO)[C@@H](O)[C@@H]1O[C@@H]1O[C@H](CO)[C@H](O)[C@H](O[C@]2(C(=O)O)C[C@H](O)[C@@H](NC(C)=O)[C@H]([C@H](O)[C@H](O)CO)O2)[C@H]1O. The molecule has 24 nitrogen and oxygen atoms in total. The highest BCUT2D eigenvalue weighted by atomic mass is 16.8. The average molecular weight is 744 g/mol. The summed E-state index contributed by atoms with van der Waals surface area (Å²) in [6.07, 6.45) is -25.5. The van der Waals surface area contributed by atoms with Gasteiger partial charge in [-0.15, -0.1) is 0 Å². The van der Waals surface area contributed by atoms with E-state index in [1.807, 2.05) is 0 Å². The fraction of sp³-hybridized carbons (Fsp3) is 0.889. The van der Waals surface area contributed by atoms with E-state index in [4.69, 9.17) is 34.0 Å². The van der Waals surface area contributed by atoms with Gasteiger partial charge in [0.15, 0.2) is 12.6 Å². The van der Waals surface area contributed by atoms with Crippen molar-refractivity contribution in [1.29, 1.82) is 0 Å². The number of hydrogen-bond acceptors (Lipinski definition) is 19. The number of amides is 2. The number of aliphatic hydroxyl groups excluding tert-OH is 9. The second kappa shape index (κ2) is 18.7. The van der Waals surface area contributed by atoms with Crippen LogP contribution in [-0.4, -0.2) is 199 Å². The number of carbonyl (C=O) groups is 3. The number of aliphatic hydroxyl groups is 9. The molecule has 0 aliphatic carbocycles. The molecule has 0 aromatic rings. The van der Waals surface area contributed by atoms with Gasteiger partial charge in [0, 0.05) is 31.7 Å². The Bertz CT molecular complexity index is 1230. The van der Waals surface area contributed by atoms with Crippen LogP contribution in [0.15, 0.2) is 5.11 Å². The number of nitrogens with one attached hydrogen (secondary N) is 2. The summed E-state index contributed by atoms with van der Waals surface area (Å²) >= 11 is 0. The van der Waals surface area contributed by atoms with Gasteiger partial charge in [0.05, 0.1) is 38.6 Å². The predicted octanol–water partition coefficient (Wildman–Crippen LogP) is -6.74. The lowest BCUT2D eigenvalue weighted by Gasteiger charge is -2.51. The minimum absolute atomic E-state index is 0.189. The molecular formula is C27H45N5O19. The Hall–Kier alpha value is -2.88. The van der Waals surface area contributed by atoms with Gasteiger partial charge in [-0.3, -0.25) is 9.59 Å². The van der Waals surface area contributed by atoms with Crippen LogP contribution in [0.2, 0.25) is 0 Å². The molecule has 0 unspecified atom stereocenters. The standard InChI is InChI=1S/C27H45N5O19/c1-9(36)30-15-11(38)5-27(26(44)45,50-22(15)17(40)12(39)6-33)51-23-19(42)14(8-35)48-25(20(23)43)49-21-16(31-10(2)37)24(46-4-3-29-32-28)47-13(7-34)18(21)41/h11-25,33-35,38-43H,3-8H2,1-2H3,(H,30,36)(H,31,37)(H,44,45)/t11-,12+,13+,14+,15+,16+,17+,18+,19-,20+,21+,22+,23-,24+,25-,27-/m0/s1. The molecular weight excluding hydrogens is 698 g/mol. The third-order valence-corrected chi connectivity index (χ3v) is 8.39. The maximum atomic E-state index is 12.7. The lowest BCUT2D eigenvalue weighted by molar-refractivity contribution is -0.381. The van der Waals surface area contributed by atoms with Gasteiger partial charge in [-0.05, 0) is 5.53 Å². The molecule has 0 aromatic carbocycles. The Kier molecular flexibility index (Phi) is 15.6. The van der Waals surface area contributed by atoms with Crippen LogP contribution in [0, 0.1) is 0 Å². The minimum atomic E-state index is -3.06. The van der Waals surface area contributed by atoms with Crippen LogP contribution in [0.3, 0.4) is 0 Å². The summed E-state index contributed by atoms with van der Waals surface area (Å²) in [4.78, 5) is 39.3. The van der Waals surface area contributed by atoms with E-state index in [2.05, 4.69) is 20.7 Å². The molecule has 3 fully saturated rings. The first kappa shape index (κ1) is 42.5. The number of rotatable bonds is 16. The van der Waals surface area contributed by atoms with E-state index in [0.29, 0.717) is 0 Å². The van der Waals surface area contributed by atoms with E-state index >= 15 is 0 Å². The molecule has 2 amide bonds. The van der Waals surface area contributed by atoms with Crippen molar-refractivity contribution in [3.8, 4) is 0 Å².